The highest BCUT2D eigenvalue weighted by Gasteiger charge is 2.26. The van der Waals surface area contributed by atoms with E-state index in [2.05, 4.69) is 5.32 Å². The minimum absolute atomic E-state index is 0.0273. The summed E-state index contributed by atoms with van der Waals surface area (Å²) in [5.74, 6) is -0.996. The number of hydrogen-bond donors (Lipinski definition) is 1. The van der Waals surface area contributed by atoms with Gasteiger partial charge in [0.1, 0.15) is 5.69 Å². The van der Waals surface area contributed by atoms with Gasteiger partial charge >= 0.3 is 5.97 Å². The number of nitro benzene ring substituents is 1. The first-order chi connectivity index (χ1) is 13.4. The molecule has 0 aromatic heterocycles. The van der Waals surface area contributed by atoms with Crippen molar-refractivity contribution < 1.29 is 24.0 Å². The first kappa shape index (κ1) is 21.6. The number of anilines is 1. The van der Waals surface area contributed by atoms with Crippen molar-refractivity contribution in [2.24, 2.45) is 0 Å². The third-order valence-electron chi connectivity index (χ3n) is 4.60. The van der Waals surface area contributed by atoms with Crippen LogP contribution < -0.4 is 5.32 Å². The molecular formula is C19H27N3O6. The number of nitrogens with zero attached hydrogens (tertiary/aromatic N) is 2. The van der Waals surface area contributed by atoms with Gasteiger partial charge in [-0.05, 0) is 31.9 Å². The molecule has 9 nitrogen and oxygen atoms in total. The van der Waals surface area contributed by atoms with Crippen LogP contribution in [0.1, 0.15) is 43.0 Å². The summed E-state index contributed by atoms with van der Waals surface area (Å²) < 4.78 is 10.2. The van der Waals surface area contributed by atoms with Gasteiger partial charge in [0.2, 0.25) is 0 Å². The van der Waals surface area contributed by atoms with Gasteiger partial charge in [-0.3, -0.25) is 14.9 Å². The van der Waals surface area contributed by atoms with E-state index in [0.29, 0.717) is 26.2 Å². The number of nitrogens with one attached hydrogen (secondary N) is 1. The number of nitro groups is 1. The highest BCUT2D eigenvalue weighted by Crippen LogP contribution is 2.26. The largest absolute Gasteiger partial charge is 0.449 e. The van der Waals surface area contributed by atoms with Crippen LogP contribution in [0.3, 0.4) is 0 Å². The number of methoxy groups -OCH3 is 1. The Balaban J connectivity index is 2.05. The highest BCUT2D eigenvalue weighted by molar-refractivity contribution is 5.93. The molecule has 0 unspecified atom stereocenters. The predicted molar refractivity (Wildman–Crippen MR) is 103 cm³/mol. The van der Waals surface area contributed by atoms with Gasteiger partial charge in [-0.15, -0.1) is 0 Å². The second-order valence-corrected chi connectivity index (χ2v) is 6.70. The van der Waals surface area contributed by atoms with Gasteiger partial charge in [-0.25, -0.2) is 4.79 Å². The van der Waals surface area contributed by atoms with Crippen LogP contribution in [0.4, 0.5) is 11.4 Å². The van der Waals surface area contributed by atoms with Crippen LogP contribution in [0.15, 0.2) is 18.2 Å². The Morgan fingerprint density at radius 2 is 1.93 bits per heavy atom. The molecule has 1 N–H and O–H groups in total. The molecule has 2 rings (SSSR count). The molecule has 0 saturated carbocycles. The van der Waals surface area contributed by atoms with Crippen molar-refractivity contribution in [3.05, 3.63) is 33.9 Å². The Labute approximate surface area is 164 Å². The number of benzene rings is 1. The number of esters is 1. The molecule has 1 heterocycles. The molecule has 0 spiro atoms. The molecule has 1 aromatic carbocycles. The molecule has 1 amide bonds. The highest BCUT2D eigenvalue weighted by atomic mass is 16.6. The van der Waals surface area contributed by atoms with Crippen LogP contribution in [-0.2, 0) is 14.3 Å². The van der Waals surface area contributed by atoms with Crippen molar-refractivity contribution in [1.82, 2.24) is 4.90 Å². The Hall–Kier alpha value is -2.68. The van der Waals surface area contributed by atoms with Crippen LogP contribution >= 0.6 is 0 Å². The van der Waals surface area contributed by atoms with Crippen molar-refractivity contribution >= 4 is 23.3 Å². The molecule has 1 fully saturated rings. The zero-order valence-corrected chi connectivity index (χ0v) is 16.3. The average molecular weight is 393 g/mol. The average Bonchev–Trinajstić information content (AvgIpc) is 2.97. The van der Waals surface area contributed by atoms with Crippen molar-refractivity contribution in [2.75, 3.05) is 38.7 Å². The van der Waals surface area contributed by atoms with Gasteiger partial charge in [0, 0.05) is 32.8 Å². The predicted octanol–water partition coefficient (Wildman–Crippen LogP) is 2.60. The van der Waals surface area contributed by atoms with Gasteiger partial charge in [-0.1, -0.05) is 12.8 Å². The summed E-state index contributed by atoms with van der Waals surface area (Å²) in [6.45, 7) is 3.63. The second kappa shape index (κ2) is 10.6. The number of amides is 1. The topological polar surface area (TPSA) is 111 Å². The SMILES string of the molecule is COCCNc1ccc(C(=O)O[C@H](C)C(=O)N2CCCCCC2)cc1[N+](=O)[O-]. The van der Waals surface area contributed by atoms with Crippen molar-refractivity contribution in [2.45, 2.75) is 38.7 Å². The van der Waals surface area contributed by atoms with Crippen LogP contribution in [0.2, 0.25) is 0 Å². The lowest BCUT2D eigenvalue weighted by Gasteiger charge is -2.24. The number of rotatable bonds is 8. The van der Waals surface area contributed by atoms with E-state index in [-0.39, 0.29) is 22.8 Å². The standard InChI is InChI=1S/C19H27N3O6/c1-14(18(23)21-10-5-3-4-6-11-21)28-19(24)15-7-8-16(20-9-12-27-2)17(13-15)22(25)26/h7-8,13-14,20H,3-6,9-12H2,1-2H3/t14-/m1/s1. The van der Waals surface area contributed by atoms with E-state index in [0.717, 1.165) is 31.7 Å². The minimum atomic E-state index is -0.941. The van der Waals surface area contributed by atoms with Crippen LogP contribution in [-0.4, -0.2) is 61.2 Å². The lowest BCUT2D eigenvalue weighted by Crippen LogP contribution is -2.40. The molecule has 1 aliphatic rings. The summed E-state index contributed by atoms with van der Waals surface area (Å²) in [5.41, 5.74) is 0.0730. The van der Waals surface area contributed by atoms with Gasteiger partial charge < -0.3 is 19.7 Å². The van der Waals surface area contributed by atoms with Crippen LogP contribution in [0, 0.1) is 10.1 Å². The summed E-state index contributed by atoms with van der Waals surface area (Å²) >= 11 is 0. The molecule has 1 aromatic rings. The number of likely N-dealkylation sites (tertiary alicyclic amines) is 1. The molecule has 0 bridgehead atoms. The monoisotopic (exact) mass is 393 g/mol. The summed E-state index contributed by atoms with van der Waals surface area (Å²) in [4.78, 5) is 37.4. The third kappa shape index (κ3) is 5.91. The maximum Gasteiger partial charge on any atom is 0.339 e. The first-order valence-electron chi connectivity index (χ1n) is 9.45. The smallest absolute Gasteiger partial charge is 0.339 e. The van der Waals surface area contributed by atoms with E-state index in [9.17, 15) is 19.7 Å². The van der Waals surface area contributed by atoms with Crippen LogP contribution in [0.25, 0.3) is 0 Å². The van der Waals surface area contributed by atoms with Gasteiger partial charge in [0.25, 0.3) is 11.6 Å². The zero-order valence-electron chi connectivity index (χ0n) is 16.3. The van der Waals surface area contributed by atoms with E-state index in [1.165, 1.54) is 26.2 Å². The Bertz CT molecular complexity index is 701. The fraction of sp³-hybridized carbons (Fsp3) is 0.579. The van der Waals surface area contributed by atoms with Crippen molar-refractivity contribution in [1.29, 1.82) is 0 Å². The number of ether oxygens (including phenoxy) is 2. The minimum Gasteiger partial charge on any atom is -0.449 e. The lowest BCUT2D eigenvalue weighted by molar-refractivity contribution is -0.384. The third-order valence-corrected chi connectivity index (χ3v) is 4.60. The zero-order chi connectivity index (χ0) is 20.5. The molecule has 0 radical (unpaired) electrons. The van der Waals surface area contributed by atoms with E-state index in [4.69, 9.17) is 9.47 Å². The molecule has 1 aliphatic heterocycles. The normalized spacial score (nSPS) is 15.4. The van der Waals surface area contributed by atoms with E-state index >= 15 is 0 Å². The van der Waals surface area contributed by atoms with Gasteiger partial charge in [0.15, 0.2) is 6.10 Å². The summed E-state index contributed by atoms with van der Waals surface area (Å²) in [7, 11) is 1.53. The molecule has 154 valence electrons. The quantitative estimate of drug-likeness (QED) is 0.313. The fourth-order valence-electron chi connectivity index (χ4n) is 3.07. The van der Waals surface area contributed by atoms with Crippen molar-refractivity contribution in [3.8, 4) is 0 Å². The Morgan fingerprint density at radius 1 is 1.25 bits per heavy atom. The molecule has 1 saturated heterocycles. The van der Waals surface area contributed by atoms with Gasteiger partial charge in [0.05, 0.1) is 17.1 Å². The molecule has 0 aliphatic carbocycles. The van der Waals surface area contributed by atoms with E-state index in [1.54, 1.807) is 4.90 Å². The lowest BCUT2D eigenvalue weighted by atomic mass is 10.1. The van der Waals surface area contributed by atoms with Gasteiger partial charge in [-0.2, -0.15) is 0 Å². The fourth-order valence-corrected chi connectivity index (χ4v) is 3.07. The molecule has 1 atom stereocenters. The number of carbonyl (C=O) groups excluding carboxylic acids is 2. The second-order valence-electron chi connectivity index (χ2n) is 6.70. The summed E-state index contributed by atoms with van der Waals surface area (Å²) in [6, 6.07) is 4.04. The van der Waals surface area contributed by atoms with Crippen LogP contribution in [0.5, 0.6) is 0 Å². The maximum atomic E-state index is 12.5. The first-order valence-corrected chi connectivity index (χ1v) is 9.45. The number of hydrogen-bond acceptors (Lipinski definition) is 7. The Kier molecular flexibility index (Phi) is 8.19. The molecule has 28 heavy (non-hydrogen) atoms. The number of carbonyl (C=O) groups is 2. The van der Waals surface area contributed by atoms with E-state index in [1.807, 2.05) is 0 Å². The van der Waals surface area contributed by atoms with E-state index < -0.39 is 17.0 Å². The summed E-state index contributed by atoms with van der Waals surface area (Å²) in [5, 5.41) is 14.2. The summed E-state index contributed by atoms with van der Waals surface area (Å²) in [6.07, 6.45) is 3.12. The Morgan fingerprint density at radius 3 is 2.54 bits per heavy atom. The maximum absolute atomic E-state index is 12.5. The molecular weight excluding hydrogens is 366 g/mol. The molecule has 9 heteroatoms. The van der Waals surface area contributed by atoms with Crippen molar-refractivity contribution in [3.63, 3.8) is 0 Å².